The van der Waals surface area contributed by atoms with Crippen molar-refractivity contribution in [2.75, 3.05) is 0 Å². The Bertz CT molecular complexity index is 1230. The van der Waals surface area contributed by atoms with Crippen LogP contribution in [0, 0.1) is 0 Å². The van der Waals surface area contributed by atoms with Gasteiger partial charge in [0.25, 0.3) is 0 Å². The van der Waals surface area contributed by atoms with Gasteiger partial charge in [-0.25, -0.2) is 8.42 Å². The lowest BCUT2D eigenvalue weighted by atomic mass is 9.95. The van der Waals surface area contributed by atoms with Gasteiger partial charge >= 0.3 is 0 Å². The third-order valence-electron chi connectivity index (χ3n) is 6.04. The second-order valence-corrected chi connectivity index (χ2v) is 10.1. The van der Waals surface area contributed by atoms with Crippen molar-refractivity contribution >= 4 is 21.0 Å². The third-order valence-corrected chi connectivity index (χ3v) is 8.15. The van der Waals surface area contributed by atoms with Gasteiger partial charge in [0.05, 0.1) is 9.81 Å². The number of sulfone groups is 1. The zero-order chi connectivity index (χ0) is 22.7. The Labute approximate surface area is 195 Å². The molecule has 4 aromatic rings. The second kappa shape index (κ2) is 9.05. The number of benzene rings is 4. The molecule has 0 unspecified atom stereocenters. The zero-order valence-electron chi connectivity index (χ0n) is 18.2. The Morgan fingerprint density at radius 1 is 0.424 bits per heavy atom. The molecule has 162 valence electrons. The first-order valence-corrected chi connectivity index (χ1v) is 12.6. The number of allylic oxidation sites excluding steroid dienone is 2. The normalized spacial score (nSPS) is 14.8. The summed E-state index contributed by atoms with van der Waals surface area (Å²) >= 11 is 0. The van der Waals surface area contributed by atoms with Crippen molar-refractivity contribution in [3.8, 4) is 0 Å². The van der Waals surface area contributed by atoms with Crippen LogP contribution in [-0.2, 0) is 9.84 Å². The summed E-state index contributed by atoms with van der Waals surface area (Å²) in [4.78, 5) is 0.999. The minimum Gasteiger partial charge on any atom is -0.219 e. The van der Waals surface area contributed by atoms with E-state index in [2.05, 4.69) is 0 Å². The predicted molar refractivity (Wildman–Crippen MR) is 136 cm³/mol. The van der Waals surface area contributed by atoms with Gasteiger partial charge in [0, 0.05) is 11.1 Å². The first-order valence-electron chi connectivity index (χ1n) is 11.1. The maximum atomic E-state index is 14.2. The maximum Gasteiger partial charge on any atom is 0.200 e. The van der Waals surface area contributed by atoms with Crippen LogP contribution in [0.15, 0.2) is 131 Å². The molecule has 0 aliphatic carbocycles. The van der Waals surface area contributed by atoms with Crippen molar-refractivity contribution in [2.24, 2.45) is 0 Å². The quantitative estimate of drug-likeness (QED) is 0.333. The summed E-state index contributed by atoms with van der Waals surface area (Å²) in [6.45, 7) is 0. The van der Waals surface area contributed by atoms with Crippen LogP contribution in [0.3, 0.4) is 0 Å². The van der Waals surface area contributed by atoms with Gasteiger partial charge in [0.1, 0.15) is 0 Å². The molecule has 0 N–H and O–H groups in total. The van der Waals surface area contributed by atoms with Crippen molar-refractivity contribution in [1.82, 2.24) is 0 Å². The average Bonchev–Trinajstić information content (AvgIpc) is 3.16. The highest BCUT2D eigenvalue weighted by atomic mass is 32.2. The molecule has 0 spiro atoms. The Balaban J connectivity index is 1.79. The smallest absolute Gasteiger partial charge is 0.200 e. The molecular weight excluding hydrogens is 424 g/mol. The molecule has 0 aromatic heterocycles. The standard InChI is InChI=1S/C30H24O2S/c31-33(32)27(29(23-13-5-1-6-14-23)24-15-7-2-8-16-24)21-22-28(33)30(25-17-9-3-10-18-25)26-19-11-4-12-20-26/h1-20H,21-22H2. The van der Waals surface area contributed by atoms with Crippen LogP contribution in [-0.4, -0.2) is 8.42 Å². The van der Waals surface area contributed by atoms with Crippen molar-refractivity contribution in [3.63, 3.8) is 0 Å². The molecule has 1 saturated heterocycles. The highest BCUT2D eigenvalue weighted by Crippen LogP contribution is 2.45. The first kappa shape index (κ1) is 21.2. The minimum absolute atomic E-state index is 0.486. The van der Waals surface area contributed by atoms with E-state index in [-0.39, 0.29) is 0 Å². The van der Waals surface area contributed by atoms with E-state index in [0.29, 0.717) is 22.7 Å². The third kappa shape index (κ3) is 4.08. The molecule has 1 aliphatic heterocycles. The average molecular weight is 449 g/mol. The molecule has 33 heavy (non-hydrogen) atoms. The van der Waals surface area contributed by atoms with E-state index >= 15 is 0 Å². The zero-order valence-corrected chi connectivity index (χ0v) is 19.0. The SMILES string of the molecule is O=S1(=O)C(=C(c2ccccc2)c2ccccc2)CCC1=C(c1ccccc1)c1ccccc1. The van der Waals surface area contributed by atoms with Crippen LogP contribution in [0.4, 0.5) is 0 Å². The summed E-state index contributed by atoms with van der Waals surface area (Å²) in [7, 11) is -3.66. The lowest BCUT2D eigenvalue weighted by Gasteiger charge is -2.15. The van der Waals surface area contributed by atoms with Gasteiger partial charge in [-0.05, 0) is 35.1 Å². The van der Waals surface area contributed by atoms with Crippen LogP contribution in [0.2, 0.25) is 0 Å². The molecule has 5 rings (SSSR count). The van der Waals surface area contributed by atoms with E-state index in [1.54, 1.807) is 0 Å². The molecule has 4 aromatic carbocycles. The summed E-state index contributed by atoms with van der Waals surface area (Å²) in [6.07, 6.45) is 0.972. The lowest BCUT2D eigenvalue weighted by Crippen LogP contribution is -2.05. The van der Waals surface area contributed by atoms with Crippen molar-refractivity contribution in [3.05, 3.63) is 153 Å². The predicted octanol–water partition coefficient (Wildman–Crippen LogP) is 7.11. The van der Waals surface area contributed by atoms with Gasteiger partial charge in [0.15, 0.2) is 9.84 Å². The van der Waals surface area contributed by atoms with Gasteiger partial charge in [-0.1, -0.05) is 121 Å². The lowest BCUT2D eigenvalue weighted by molar-refractivity contribution is 0.610. The molecule has 2 nitrogen and oxygen atoms in total. The summed E-state index contributed by atoms with van der Waals surface area (Å²) in [5, 5.41) is 0. The molecule has 0 radical (unpaired) electrons. The van der Waals surface area contributed by atoms with Crippen LogP contribution in [0.25, 0.3) is 11.1 Å². The number of hydrogen-bond donors (Lipinski definition) is 0. The van der Waals surface area contributed by atoms with Gasteiger partial charge in [0.2, 0.25) is 0 Å². The fourth-order valence-electron chi connectivity index (χ4n) is 4.56. The topological polar surface area (TPSA) is 34.1 Å². The first-order chi connectivity index (χ1) is 16.2. The van der Waals surface area contributed by atoms with E-state index < -0.39 is 9.84 Å². The molecule has 0 saturated carbocycles. The number of rotatable bonds is 4. The fourth-order valence-corrected chi connectivity index (χ4v) is 6.61. The Hall–Kier alpha value is -3.69. The van der Waals surface area contributed by atoms with E-state index in [1.165, 1.54) is 0 Å². The van der Waals surface area contributed by atoms with Crippen LogP contribution in [0.5, 0.6) is 0 Å². The number of hydrogen-bond acceptors (Lipinski definition) is 2. The summed E-state index contributed by atoms with van der Waals surface area (Å²) in [6, 6.07) is 39.4. The van der Waals surface area contributed by atoms with E-state index in [4.69, 9.17) is 0 Å². The molecule has 0 atom stereocenters. The van der Waals surface area contributed by atoms with Gasteiger partial charge in [-0.3, -0.25) is 0 Å². The van der Waals surface area contributed by atoms with Gasteiger partial charge in [-0.15, -0.1) is 0 Å². The Morgan fingerprint density at radius 3 is 0.909 bits per heavy atom. The summed E-state index contributed by atoms with van der Waals surface area (Å²) in [5.74, 6) is 0. The van der Waals surface area contributed by atoms with Crippen LogP contribution in [0.1, 0.15) is 35.1 Å². The van der Waals surface area contributed by atoms with E-state index in [1.807, 2.05) is 121 Å². The van der Waals surface area contributed by atoms with Gasteiger partial charge < -0.3 is 0 Å². The van der Waals surface area contributed by atoms with Crippen molar-refractivity contribution in [2.45, 2.75) is 12.8 Å². The highest BCUT2D eigenvalue weighted by Gasteiger charge is 2.36. The molecule has 0 amide bonds. The molecule has 0 bridgehead atoms. The highest BCUT2D eigenvalue weighted by molar-refractivity contribution is 7.99. The molecule has 1 aliphatic rings. The summed E-state index contributed by atoms with van der Waals surface area (Å²) < 4.78 is 28.3. The molecule has 1 heterocycles. The summed E-state index contributed by atoms with van der Waals surface area (Å²) in [5.41, 5.74) is 5.28. The van der Waals surface area contributed by atoms with Crippen LogP contribution < -0.4 is 0 Å². The monoisotopic (exact) mass is 448 g/mol. The fraction of sp³-hybridized carbons (Fsp3) is 0.0667. The molecular formula is C30H24O2S. The van der Waals surface area contributed by atoms with E-state index in [9.17, 15) is 8.42 Å². The Kier molecular flexibility index (Phi) is 5.80. The molecule has 3 heteroatoms. The Morgan fingerprint density at radius 2 is 0.667 bits per heavy atom. The van der Waals surface area contributed by atoms with Crippen LogP contribution >= 0.6 is 0 Å². The largest absolute Gasteiger partial charge is 0.219 e. The minimum atomic E-state index is -3.66. The van der Waals surface area contributed by atoms with Crippen molar-refractivity contribution < 1.29 is 8.42 Å². The second-order valence-electron chi connectivity index (χ2n) is 8.06. The van der Waals surface area contributed by atoms with Gasteiger partial charge in [-0.2, -0.15) is 0 Å². The van der Waals surface area contributed by atoms with E-state index in [0.717, 1.165) is 33.4 Å². The maximum absolute atomic E-state index is 14.2. The van der Waals surface area contributed by atoms with Crippen molar-refractivity contribution in [1.29, 1.82) is 0 Å². The molecule has 1 fully saturated rings.